The Balaban J connectivity index is 2.05. The summed E-state index contributed by atoms with van der Waals surface area (Å²) in [5, 5.41) is 9.60. The highest BCUT2D eigenvalue weighted by Crippen LogP contribution is 2.19. The summed E-state index contributed by atoms with van der Waals surface area (Å²) in [6, 6.07) is 0. The van der Waals surface area contributed by atoms with Crippen molar-refractivity contribution in [1.29, 1.82) is 0 Å². The minimum Gasteiger partial charge on any atom is -0.389 e. The van der Waals surface area contributed by atoms with Crippen molar-refractivity contribution in [2.24, 2.45) is 0 Å². The zero-order chi connectivity index (χ0) is 13.2. The molecule has 0 amide bonds. The van der Waals surface area contributed by atoms with Crippen LogP contribution in [-0.2, 0) is 9.47 Å². The van der Waals surface area contributed by atoms with Gasteiger partial charge in [0.05, 0.1) is 25.4 Å². The standard InChI is InChI=1S/C14H29NO3/c1-15(11-13(16)12-17-2)9-10-18-14-7-5-3-4-6-8-14/h13-14,16H,3-12H2,1-2H3. The normalized spacial score (nSPS) is 20.0. The second kappa shape index (κ2) is 9.73. The zero-order valence-electron chi connectivity index (χ0n) is 11.9. The third-order valence-corrected chi connectivity index (χ3v) is 3.51. The van der Waals surface area contributed by atoms with E-state index in [1.54, 1.807) is 7.11 Å². The van der Waals surface area contributed by atoms with Gasteiger partial charge in [0.25, 0.3) is 0 Å². The monoisotopic (exact) mass is 259 g/mol. The van der Waals surface area contributed by atoms with Crippen LogP contribution < -0.4 is 0 Å². The topological polar surface area (TPSA) is 41.9 Å². The van der Waals surface area contributed by atoms with Crippen LogP contribution in [0.3, 0.4) is 0 Å². The number of hydrogen-bond acceptors (Lipinski definition) is 4. The fourth-order valence-electron chi connectivity index (χ4n) is 2.48. The maximum absolute atomic E-state index is 9.60. The van der Waals surface area contributed by atoms with Crippen LogP contribution in [-0.4, -0.2) is 62.7 Å². The third kappa shape index (κ3) is 7.31. The molecule has 1 saturated carbocycles. The van der Waals surface area contributed by atoms with Gasteiger partial charge >= 0.3 is 0 Å². The first-order valence-electron chi connectivity index (χ1n) is 7.19. The van der Waals surface area contributed by atoms with E-state index in [0.717, 1.165) is 13.2 Å². The van der Waals surface area contributed by atoms with Gasteiger partial charge in [-0.2, -0.15) is 0 Å². The number of aliphatic hydroxyl groups excluding tert-OH is 1. The van der Waals surface area contributed by atoms with Gasteiger partial charge in [-0.3, -0.25) is 0 Å². The molecular formula is C14H29NO3. The van der Waals surface area contributed by atoms with Gasteiger partial charge in [-0.15, -0.1) is 0 Å². The molecular weight excluding hydrogens is 230 g/mol. The Labute approximate surface area is 111 Å². The highest BCUT2D eigenvalue weighted by Gasteiger charge is 2.13. The van der Waals surface area contributed by atoms with Crippen LogP contribution in [0.15, 0.2) is 0 Å². The van der Waals surface area contributed by atoms with E-state index in [-0.39, 0.29) is 0 Å². The minimum atomic E-state index is -0.405. The highest BCUT2D eigenvalue weighted by molar-refractivity contribution is 4.65. The first-order chi connectivity index (χ1) is 8.72. The van der Waals surface area contributed by atoms with Crippen molar-refractivity contribution < 1.29 is 14.6 Å². The maximum atomic E-state index is 9.60. The molecule has 1 aliphatic rings. The third-order valence-electron chi connectivity index (χ3n) is 3.51. The lowest BCUT2D eigenvalue weighted by Crippen LogP contribution is -2.34. The van der Waals surface area contributed by atoms with E-state index in [1.165, 1.54) is 38.5 Å². The van der Waals surface area contributed by atoms with Gasteiger partial charge in [0.2, 0.25) is 0 Å². The number of likely N-dealkylation sites (N-methyl/N-ethyl adjacent to an activating group) is 1. The van der Waals surface area contributed by atoms with Crippen molar-refractivity contribution in [3.63, 3.8) is 0 Å². The number of ether oxygens (including phenoxy) is 2. The molecule has 108 valence electrons. The molecule has 0 spiro atoms. The molecule has 0 aromatic rings. The van der Waals surface area contributed by atoms with E-state index >= 15 is 0 Å². The fourth-order valence-corrected chi connectivity index (χ4v) is 2.48. The Kier molecular flexibility index (Phi) is 8.59. The molecule has 1 rings (SSSR count). The van der Waals surface area contributed by atoms with E-state index in [2.05, 4.69) is 4.90 Å². The molecule has 0 bridgehead atoms. The molecule has 0 radical (unpaired) electrons. The van der Waals surface area contributed by atoms with Gasteiger partial charge < -0.3 is 19.5 Å². The molecule has 0 saturated heterocycles. The van der Waals surface area contributed by atoms with Crippen LogP contribution in [0, 0.1) is 0 Å². The summed E-state index contributed by atoms with van der Waals surface area (Å²) in [6.07, 6.45) is 7.85. The molecule has 0 aromatic carbocycles. The second-order valence-corrected chi connectivity index (χ2v) is 5.36. The van der Waals surface area contributed by atoms with Crippen LogP contribution in [0.4, 0.5) is 0 Å². The summed E-state index contributed by atoms with van der Waals surface area (Å²) < 4.78 is 10.8. The Bertz CT molecular complexity index is 193. The summed E-state index contributed by atoms with van der Waals surface area (Å²) in [7, 11) is 3.62. The van der Waals surface area contributed by atoms with Crippen LogP contribution in [0.5, 0.6) is 0 Å². The molecule has 4 nitrogen and oxygen atoms in total. The largest absolute Gasteiger partial charge is 0.389 e. The lowest BCUT2D eigenvalue weighted by Gasteiger charge is -2.22. The van der Waals surface area contributed by atoms with Crippen molar-refractivity contribution in [3.8, 4) is 0 Å². The summed E-state index contributed by atoms with van der Waals surface area (Å²) in [5.74, 6) is 0. The van der Waals surface area contributed by atoms with Gasteiger partial charge in [0.15, 0.2) is 0 Å². The molecule has 18 heavy (non-hydrogen) atoms. The molecule has 0 aliphatic heterocycles. The Morgan fingerprint density at radius 3 is 2.50 bits per heavy atom. The summed E-state index contributed by atoms with van der Waals surface area (Å²) in [6.45, 7) is 2.67. The smallest absolute Gasteiger partial charge is 0.0899 e. The van der Waals surface area contributed by atoms with Crippen LogP contribution in [0.25, 0.3) is 0 Å². The zero-order valence-corrected chi connectivity index (χ0v) is 11.9. The lowest BCUT2D eigenvalue weighted by atomic mass is 10.1. The molecule has 1 N–H and O–H groups in total. The number of aliphatic hydroxyl groups is 1. The molecule has 1 fully saturated rings. The molecule has 0 heterocycles. The van der Waals surface area contributed by atoms with Crippen molar-refractivity contribution in [2.45, 2.75) is 50.7 Å². The first kappa shape index (κ1) is 15.9. The van der Waals surface area contributed by atoms with E-state index in [4.69, 9.17) is 9.47 Å². The summed E-state index contributed by atoms with van der Waals surface area (Å²) >= 11 is 0. The molecule has 1 aliphatic carbocycles. The van der Waals surface area contributed by atoms with Crippen molar-refractivity contribution in [1.82, 2.24) is 4.90 Å². The molecule has 4 heteroatoms. The Morgan fingerprint density at radius 2 is 1.89 bits per heavy atom. The van der Waals surface area contributed by atoms with Crippen LogP contribution in [0.1, 0.15) is 38.5 Å². The minimum absolute atomic E-state index is 0.397. The number of hydrogen-bond donors (Lipinski definition) is 1. The van der Waals surface area contributed by atoms with Crippen LogP contribution >= 0.6 is 0 Å². The van der Waals surface area contributed by atoms with E-state index in [1.807, 2.05) is 7.05 Å². The number of nitrogens with zero attached hydrogens (tertiary/aromatic N) is 1. The second-order valence-electron chi connectivity index (χ2n) is 5.36. The van der Waals surface area contributed by atoms with Crippen molar-refractivity contribution in [3.05, 3.63) is 0 Å². The van der Waals surface area contributed by atoms with Gasteiger partial charge in [-0.1, -0.05) is 25.7 Å². The van der Waals surface area contributed by atoms with E-state index in [9.17, 15) is 5.11 Å². The first-order valence-corrected chi connectivity index (χ1v) is 7.19. The van der Waals surface area contributed by atoms with Crippen LogP contribution in [0.2, 0.25) is 0 Å². The van der Waals surface area contributed by atoms with Crippen molar-refractivity contribution in [2.75, 3.05) is 40.5 Å². The summed E-state index contributed by atoms with van der Waals surface area (Å²) in [5.41, 5.74) is 0. The predicted molar refractivity (Wildman–Crippen MR) is 72.8 cm³/mol. The lowest BCUT2D eigenvalue weighted by molar-refractivity contribution is 0.0137. The molecule has 1 unspecified atom stereocenters. The average Bonchev–Trinajstić information content (AvgIpc) is 2.58. The Hall–Kier alpha value is -0.160. The van der Waals surface area contributed by atoms with E-state index < -0.39 is 6.10 Å². The number of rotatable bonds is 8. The summed E-state index contributed by atoms with van der Waals surface area (Å²) in [4.78, 5) is 2.10. The average molecular weight is 259 g/mol. The quantitative estimate of drug-likeness (QED) is 0.673. The predicted octanol–water partition coefficient (Wildman–Crippen LogP) is 1.66. The van der Waals surface area contributed by atoms with Gasteiger partial charge in [0.1, 0.15) is 0 Å². The number of methoxy groups -OCH3 is 1. The van der Waals surface area contributed by atoms with Gasteiger partial charge in [-0.05, 0) is 19.9 Å². The Morgan fingerprint density at radius 1 is 1.22 bits per heavy atom. The maximum Gasteiger partial charge on any atom is 0.0899 e. The van der Waals surface area contributed by atoms with E-state index in [0.29, 0.717) is 19.3 Å². The molecule has 0 aromatic heterocycles. The van der Waals surface area contributed by atoms with Crippen molar-refractivity contribution >= 4 is 0 Å². The van der Waals surface area contributed by atoms with Gasteiger partial charge in [-0.25, -0.2) is 0 Å². The SMILES string of the molecule is COCC(O)CN(C)CCOC1CCCCCC1. The fraction of sp³-hybridized carbons (Fsp3) is 1.00. The van der Waals surface area contributed by atoms with Gasteiger partial charge in [0, 0.05) is 20.2 Å². The highest BCUT2D eigenvalue weighted by atomic mass is 16.5. The molecule has 1 atom stereocenters.